The number of rotatable bonds is 4. The molecule has 1 saturated heterocycles. The van der Waals surface area contributed by atoms with Crippen molar-refractivity contribution in [3.05, 3.63) is 24.0 Å². The van der Waals surface area contributed by atoms with Gasteiger partial charge in [0.2, 0.25) is 0 Å². The van der Waals surface area contributed by atoms with Gasteiger partial charge < -0.3 is 24.6 Å². The van der Waals surface area contributed by atoms with E-state index in [9.17, 15) is 9.59 Å². The maximum atomic E-state index is 12.3. The molecule has 8 nitrogen and oxygen atoms in total. The maximum Gasteiger partial charge on any atom is 0.317 e. The summed E-state index contributed by atoms with van der Waals surface area (Å²) < 4.78 is 7.13. The Morgan fingerprint density at radius 2 is 2.24 bits per heavy atom. The fourth-order valence-electron chi connectivity index (χ4n) is 3.14. The SMILES string of the molecule is COc1ccc2c(c1)nc(CNC(=O)N1CCCC(C(=O)O)C1)n2C. The van der Waals surface area contributed by atoms with E-state index in [-0.39, 0.29) is 19.1 Å². The molecule has 25 heavy (non-hydrogen) atoms. The zero-order chi connectivity index (χ0) is 18.0. The normalized spacial score (nSPS) is 17.5. The average molecular weight is 346 g/mol. The number of aliphatic carboxylic acids is 1. The maximum absolute atomic E-state index is 12.3. The Morgan fingerprint density at radius 1 is 1.44 bits per heavy atom. The first-order valence-corrected chi connectivity index (χ1v) is 8.24. The van der Waals surface area contributed by atoms with Gasteiger partial charge in [-0.3, -0.25) is 4.79 Å². The topological polar surface area (TPSA) is 96.7 Å². The summed E-state index contributed by atoms with van der Waals surface area (Å²) in [4.78, 5) is 29.5. The zero-order valence-corrected chi connectivity index (χ0v) is 14.4. The summed E-state index contributed by atoms with van der Waals surface area (Å²) in [6, 6.07) is 5.39. The molecule has 1 aliphatic heterocycles. The Labute approximate surface area is 145 Å². The third kappa shape index (κ3) is 3.52. The van der Waals surface area contributed by atoms with Crippen LogP contribution in [0.4, 0.5) is 4.79 Å². The number of aromatic nitrogens is 2. The highest BCUT2D eigenvalue weighted by atomic mass is 16.5. The number of nitrogens with one attached hydrogen (secondary N) is 1. The minimum absolute atomic E-state index is 0.251. The molecule has 1 fully saturated rings. The van der Waals surface area contributed by atoms with Crippen molar-refractivity contribution in [3.8, 4) is 5.75 Å². The minimum Gasteiger partial charge on any atom is -0.497 e. The van der Waals surface area contributed by atoms with Crippen LogP contribution < -0.4 is 10.1 Å². The van der Waals surface area contributed by atoms with Crippen molar-refractivity contribution in [1.29, 1.82) is 0 Å². The number of carbonyl (C=O) groups excluding carboxylic acids is 1. The molecular weight excluding hydrogens is 324 g/mol. The first-order valence-electron chi connectivity index (χ1n) is 8.24. The number of carboxylic acids is 1. The van der Waals surface area contributed by atoms with Crippen LogP contribution in [-0.2, 0) is 18.4 Å². The molecule has 8 heteroatoms. The number of nitrogens with zero attached hydrogens (tertiary/aromatic N) is 3. The van der Waals surface area contributed by atoms with Crippen molar-refractivity contribution in [2.45, 2.75) is 19.4 Å². The van der Waals surface area contributed by atoms with Crippen molar-refractivity contribution in [1.82, 2.24) is 19.8 Å². The monoisotopic (exact) mass is 346 g/mol. The molecule has 1 aromatic heterocycles. The molecule has 1 aliphatic rings. The van der Waals surface area contributed by atoms with E-state index in [1.54, 1.807) is 12.0 Å². The predicted octanol–water partition coefficient (Wildman–Crippen LogP) is 1.59. The van der Waals surface area contributed by atoms with E-state index in [0.717, 1.165) is 22.6 Å². The van der Waals surface area contributed by atoms with Crippen LogP contribution in [0.1, 0.15) is 18.7 Å². The molecule has 1 unspecified atom stereocenters. The highest BCUT2D eigenvalue weighted by Crippen LogP contribution is 2.21. The van der Waals surface area contributed by atoms with Gasteiger partial charge in [0.25, 0.3) is 0 Å². The number of hydrogen-bond acceptors (Lipinski definition) is 4. The van der Waals surface area contributed by atoms with Crippen LogP contribution in [0.15, 0.2) is 18.2 Å². The number of fused-ring (bicyclic) bond motifs is 1. The Bertz CT molecular complexity index is 801. The molecule has 0 aliphatic carbocycles. The average Bonchev–Trinajstić information content (AvgIpc) is 2.94. The molecular formula is C17H22N4O4. The number of urea groups is 1. The van der Waals surface area contributed by atoms with Crippen LogP contribution in [0, 0.1) is 5.92 Å². The van der Waals surface area contributed by atoms with Crippen molar-refractivity contribution in [2.75, 3.05) is 20.2 Å². The predicted molar refractivity (Wildman–Crippen MR) is 91.4 cm³/mol. The van der Waals surface area contributed by atoms with E-state index in [2.05, 4.69) is 10.3 Å². The zero-order valence-electron chi connectivity index (χ0n) is 14.4. The van der Waals surface area contributed by atoms with Crippen LogP contribution in [-0.4, -0.2) is 51.8 Å². The van der Waals surface area contributed by atoms with Gasteiger partial charge in [-0.2, -0.15) is 0 Å². The van der Waals surface area contributed by atoms with E-state index in [4.69, 9.17) is 9.84 Å². The van der Waals surface area contributed by atoms with Gasteiger partial charge >= 0.3 is 12.0 Å². The summed E-state index contributed by atoms with van der Waals surface area (Å²) >= 11 is 0. The Balaban J connectivity index is 1.66. The van der Waals surface area contributed by atoms with Gasteiger partial charge in [-0.25, -0.2) is 9.78 Å². The number of piperidine rings is 1. The minimum atomic E-state index is -0.846. The largest absolute Gasteiger partial charge is 0.497 e. The number of carboxylic acid groups (broad SMARTS) is 1. The molecule has 2 amide bonds. The fraction of sp³-hybridized carbons (Fsp3) is 0.471. The summed E-state index contributed by atoms with van der Waals surface area (Å²) in [7, 11) is 3.50. The van der Waals surface area contributed by atoms with Crippen LogP contribution in [0.25, 0.3) is 11.0 Å². The van der Waals surface area contributed by atoms with E-state index >= 15 is 0 Å². The Morgan fingerprint density at radius 3 is 2.96 bits per heavy atom. The quantitative estimate of drug-likeness (QED) is 0.876. The van der Waals surface area contributed by atoms with E-state index in [1.165, 1.54) is 0 Å². The number of likely N-dealkylation sites (tertiary alicyclic amines) is 1. The van der Waals surface area contributed by atoms with Crippen LogP contribution in [0.3, 0.4) is 0 Å². The molecule has 0 spiro atoms. The number of imidazole rings is 1. The molecule has 1 aromatic carbocycles. The molecule has 2 heterocycles. The summed E-state index contributed by atoms with van der Waals surface area (Å²) in [5.74, 6) is 0.127. The molecule has 0 radical (unpaired) electrons. The lowest BCUT2D eigenvalue weighted by Crippen LogP contribution is -2.47. The van der Waals surface area contributed by atoms with Crippen LogP contribution in [0.5, 0.6) is 5.75 Å². The van der Waals surface area contributed by atoms with Crippen molar-refractivity contribution in [3.63, 3.8) is 0 Å². The van der Waals surface area contributed by atoms with Gasteiger partial charge in [0.05, 0.1) is 30.6 Å². The third-order valence-electron chi connectivity index (χ3n) is 4.64. The number of hydrogen-bond donors (Lipinski definition) is 2. The molecule has 2 N–H and O–H groups in total. The van der Waals surface area contributed by atoms with Gasteiger partial charge in [-0.1, -0.05) is 0 Å². The Kier molecular flexibility index (Phi) is 4.78. The van der Waals surface area contributed by atoms with Crippen LogP contribution >= 0.6 is 0 Å². The Hall–Kier alpha value is -2.77. The number of amides is 2. The van der Waals surface area contributed by atoms with E-state index in [1.807, 2.05) is 29.8 Å². The van der Waals surface area contributed by atoms with Crippen LogP contribution in [0.2, 0.25) is 0 Å². The lowest BCUT2D eigenvalue weighted by Gasteiger charge is -2.30. The molecule has 0 bridgehead atoms. The number of carbonyl (C=O) groups is 2. The van der Waals surface area contributed by atoms with Gasteiger partial charge in [-0.15, -0.1) is 0 Å². The standard InChI is InChI=1S/C17H22N4O4/c1-20-14-6-5-12(25-2)8-13(14)19-15(20)9-18-17(24)21-7-3-4-11(10-21)16(22)23/h5-6,8,11H,3-4,7,9-10H2,1-2H3,(H,18,24)(H,22,23). The second-order valence-electron chi connectivity index (χ2n) is 6.22. The molecule has 134 valence electrons. The van der Waals surface area contributed by atoms with Gasteiger partial charge in [-0.05, 0) is 25.0 Å². The van der Waals surface area contributed by atoms with Gasteiger partial charge in [0.15, 0.2) is 0 Å². The summed E-state index contributed by atoms with van der Waals surface area (Å²) in [5, 5.41) is 12.0. The van der Waals surface area contributed by atoms with E-state index in [0.29, 0.717) is 19.4 Å². The van der Waals surface area contributed by atoms with Gasteiger partial charge in [0.1, 0.15) is 11.6 Å². The molecule has 1 atom stereocenters. The molecule has 2 aromatic rings. The van der Waals surface area contributed by atoms with E-state index < -0.39 is 11.9 Å². The van der Waals surface area contributed by atoms with Crippen molar-refractivity contribution >= 4 is 23.0 Å². The second-order valence-corrected chi connectivity index (χ2v) is 6.22. The second kappa shape index (κ2) is 7.00. The summed E-state index contributed by atoms with van der Waals surface area (Å²) in [5.41, 5.74) is 1.75. The first kappa shape index (κ1) is 17.1. The van der Waals surface area contributed by atoms with Crippen molar-refractivity contribution in [2.24, 2.45) is 13.0 Å². The van der Waals surface area contributed by atoms with Gasteiger partial charge in [0, 0.05) is 26.2 Å². The number of benzene rings is 1. The third-order valence-corrected chi connectivity index (χ3v) is 4.64. The summed E-state index contributed by atoms with van der Waals surface area (Å²) in [6.45, 7) is 1.11. The lowest BCUT2D eigenvalue weighted by molar-refractivity contribution is -0.143. The lowest BCUT2D eigenvalue weighted by atomic mass is 9.99. The smallest absolute Gasteiger partial charge is 0.317 e. The highest BCUT2D eigenvalue weighted by molar-refractivity contribution is 5.78. The highest BCUT2D eigenvalue weighted by Gasteiger charge is 2.28. The molecule has 0 saturated carbocycles. The number of aryl methyl sites for hydroxylation is 1. The summed E-state index contributed by atoms with van der Waals surface area (Å²) in [6.07, 6.45) is 1.32. The molecule has 3 rings (SSSR count). The number of methoxy groups -OCH3 is 1. The first-order chi connectivity index (χ1) is 12.0. The fourth-order valence-corrected chi connectivity index (χ4v) is 3.14. The van der Waals surface area contributed by atoms with Crippen molar-refractivity contribution < 1.29 is 19.4 Å². The number of ether oxygens (including phenoxy) is 1.